The third-order valence-electron chi connectivity index (χ3n) is 11.1. The zero-order valence-electron chi connectivity index (χ0n) is 41.3. The number of phosphoric acid groups is 1. The number of hydrogen-bond donors (Lipinski definition) is 2. The molecule has 11 nitrogen and oxygen atoms in total. The van der Waals surface area contributed by atoms with E-state index in [0.29, 0.717) is 30.3 Å². The lowest BCUT2D eigenvalue weighted by Gasteiger charge is -2.24. The van der Waals surface area contributed by atoms with Gasteiger partial charge in [0.1, 0.15) is 31.3 Å². The van der Waals surface area contributed by atoms with Crippen LogP contribution in [-0.2, 0) is 45.5 Å². The van der Waals surface area contributed by atoms with Crippen molar-refractivity contribution in [3.05, 3.63) is 71.3 Å². The second kappa shape index (κ2) is 37.3. The van der Waals surface area contributed by atoms with E-state index >= 15 is 0 Å². The summed E-state index contributed by atoms with van der Waals surface area (Å²) >= 11 is 0. The van der Waals surface area contributed by atoms with Gasteiger partial charge in [0, 0.05) is 25.7 Å². The van der Waals surface area contributed by atoms with Gasteiger partial charge in [0.25, 0.3) is 0 Å². The zero-order chi connectivity index (χ0) is 47.3. The Morgan fingerprint density at radius 1 is 0.656 bits per heavy atom. The molecule has 0 spiro atoms. The van der Waals surface area contributed by atoms with Crippen molar-refractivity contribution in [1.82, 2.24) is 0 Å². The van der Waals surface area contributed by atoms with Crippen molar-refractivity contribution in [2.45, 2.75) is 200 Å². The topological polar surface area (TPSA) is 142 Å². The van der Waals surface area contributed by atoms with Gasteiger partial charge < -0.3 is 28.4 Å². The fourth-order valence-electron chi connectivity index (χ4n) is 6.91. The number of phosphoric ester groups is 1. The molecule has 0 saturated heterocycles. The summed E-state index contributed by atoms with van der Waals surface area (Å²) in [5.74, 6) is 1.47. The number of quaternary nitrogens is 1. The van der Waals surface area contributed by atoms with Crippen LogP contribution in [0, 0.1) is 13.8 Å². The number of likely N-dealkylation sites (N-methyl/N-ethyl adjacent to an activating group) is 1. The number of unbranched alkanes of at least 4 members (excludes halogenated alkanes) is 13. The lowest BCUT2D eigenvalue weighted by Crippen LogP contribution is -2.37. The third kappa shape index (κ3) is 34.5. The van der Waals surface area contributed by atoms with Crippen LogP contribution in [0.25, 0.3) is 0 Å². The van der Waals surface area contributed by atoms with Gasteiger partial charge in [-0.3, -0.25) is 18.6 Å². The van der Waals surface area contributed by atoms with Gasteiger partial charge in [-0.05, 0) is 103 Å². The summed E-state index contributed by atoms with van der Waals surface area (Å²) in [7, 11) is 1.40. The summed E-state index contributed by atoms with van der Waals surface area (Å²) in [6.45, 7) is 8.24. The second-order valence-corrected chi connectivity index (χ2v) is 19.8. The Morgan fingerprint density at radius 3 is 1.67 bits per heavy atom. The summed E-state index contributed by atoms with van der Waals surface area (Å²) in [6.07, 6.45) is 39.7. The molecule has 0 fully saturated rings. The van der Waals surface area contributed by atoms with Crippen LogP contribution in [-0.4, -0.2) is 86.1 Å². The minimum absolute atomic E-state index is 0.00882. The molecule has 0 aliphatic rings. The first kappa shape index (κ1) is 59.2. The van der Waals surface area contributed by atoms with Gasteiger partial charge in [0.05, 0.1) is 33.9 Å². The molecule has 2 N–H and O–H groups in total. The minimum atomic E-state index is -4.41. The lowest BCUT2D eigenvalue weighted by molar-refractivity contribution is -0.870. The number of aliphatic hydroxyl groups is 1. The standard InChI is InChI=1S/C52H90NO10P/c1-8-9-31-37-49-46(3)47(4)50(63-49)38-33-28-24-20-17-18-21-25-29-34-39-51(55)59-43-48(44-61-64(57,58)60-42-41-53(5,6)7)62-52(56)40-35-30-26-22-16-14-12-10-11-13-15-19-23-27-32-36-45(2)54/h11-14,19,22-23,26,45,48,54H,8-10,15-18,20-21,24-25,27-44H2,1-7H3/p+1/b13-11-,14-12-,23-19-,26-22-/t45-,48+/m0/s1. The molecular formula is C52H91NO10P+. The molecule has 0 bridgehead atoms. The van der Waals surface area contributed by atoms with E-state index in [-0.39, 0.29) is 32.2 Å². The van der Waals surface area contributed by atoms with Crippen LogP contribution < -0.4 is 0 Å². The highest BCUT2D eigenvalue weighted by Crippen LogP contribution is 2.43. The molecule has 0 aliphatic heterocycles. The molecule has 1 rings (SSSR count). The number of hydrogen-bond acceptors (Lipinski definition) is 9. The summed E-state index contributed by atoms with van der Waals surface area (Å²) < 4.78 is 40.6. The lowest BCUT2D eigenvalue weighted by atomic mass is 10.0. The van der Waals surface area contributed by atoms with Crippen molar-refractivity contribution in [3.8, 4) is 0 Å². The predicted octanol–water partition coefficient (Wildman–Crippen LogP) is 12.9. The molecule has 0 amide bonds. The molecule has 0 aromatic carbocycles. The number of ether oxygens (including phenoxy) is 2. The van der Waals surface area contributed by atoms with E-state index in [4.69, 9.17) is 22.9 Å². The summed E-state index contributed by atoms with van der Waals surface area (Å²) in [5, 5.41) is 9.29. The maximum atomic E-state index is 12.7. The normalized spacial score (nSPS) is 14.3. The number of carbonyl (C=O) groups is 2. The summed E-state index contributed by atoms with van der Waals surface area (Å²) in [4.78, 5) is 35.6. The van der Waals surface area contributed by atoms with Gasteiger partial charge >= 0.3 is 19.8 Å². The van der Waals surface area contributed by atoms with Crippen LogP contribution in [0.3, 0.4) is 0 Å². The number of aliphatic hydroxyl groups excluding tert-OH is 1. The first-order valence-electron chi connectivity index (χ1n) is 24.8. The molecule has 0 radical (unpaired) electrons. The monoisotopic (exact) mass is 921 g/mol. The second-order valence-electron chi connectivity index (χ2n) is 18.4. The highest BCUT2D eigenvalue weighted by molar-refractivity contribution is 7.47. The van der Waals surface area contributed by atoms with Crippen LogP contribution >= 0.6 is 7.82 Å². The van der Waals surface area contributed by atoms with Gasteiger partial charge in [-0.2, -0.15) is 0 Å². The van der Waals surface area contributed by atoms with Crippen molar-refractivity contribution < 1.29 is 51.6 Å². The average molecular weight is 921 g/mol. The SMILES string of the molecule is CCCCCc1oc(CCCCCCCCCCCCC(=O)OC[C@H](COP(=O)(O)OCC[N+](C)(C)C)OC(=O)CCC/C=C\C/C=C\C/C=C\C/C=C\CCC[C@H](C)O)c(C)c1C. The molecule has 3 atom stereocenters. The van der Waals surface area contributed by atoms with Crippen molar-refractivity contribution in [2.24, 2.45) is 0 Å². The molecule has 64 heavy (non-hydrogen) atoms. The smallest absolute Gasteiger partial charge is 0.466 e. The van der Waals surface area contributed by atoms with Crippen LogP contribution in [0.15, 0.2) is 53.0 Å². The first-order valence-corrected chi connectivity index (χ1v) is 26.3. The minimum Gasteiger partial charge on any atom is -0.466 e. The van der Waals surface area contributed by atoms with Crippen LogP contribution in [0.5, 0.6) is 0 Å². The quantitative estimate of drug-likeness (QED) is 0.0214. The molecule has 12 heteroatoms. The number of allylic oxidation sites excluding steroid dienone is 8. The number of nitrogens with zero attached hydrogens (tertiary/aromatic N) is 1. The Labute approximate surface area is 389 Å². The fourth-order valence-corrected chi connectivity index (χ4v) is 7.65. The zero-order valence-corrected chi connectivity index (χ0v) is 42.2. The van der Waals surface area contributed by atoms with E-state index < -0.39 is 32.5 Å². The molecule has 1 aromatic heterocycles. The van der Waals surface area contributed by atoms with E-state index in [2.05, 4.69) is 63.3 Å². The highest BCUT2D eigenvalue weighted by Gasteiger charge is 2.27. The van der Waals surface area contributed by atoms with Crippen LogP contribution in [0.4, 0.5) is 0 Å². The molecular weight excluding hydrogens is 830 g/mol. The number of carbonyl (C=O) groups excluding carboxylic acids is 2. The average Bonchev–Trinajstić information content (AvgIpc) is 3.50. The van der Waals surface area contributed by atoms with E-state index in [1.807, 2.05) is 34.1 Å². The Balaban J connectivity index is 2.33. The summed E-state index contributed by atoms with van der Waals surface area (Å²) in [6, 6.07) is 0. The van der Waals surface area contributed by atoms with Gasteiger partial charge in [-0.1, -0.05) is 120 Å². The number of rotatable bonds is 41. The Hall–Kier alpha value is -2.79. The number of esters is 2. The Bertz CT molecular complexity index is 1520. The summed E-state index contributed by atoms with van der Waals surface area (Å²) in [5.41, 5.74) is 2.69. The van der Waals surface area contributed by atoms with Crippen molar-refractivity contribution in [1.29, 1.82) is 0 Å². The Kier molecular flexibility index (Phi) is 34.5. The fraction of sp³-hybridized carbons (Fsp3) is 0.731. The molecule has 0 saturated carbocycles. The predicted molar refractivity (Wildman–Crippen MR) is 261 cm³/mol. The van der Waals surface area contributed by atoms with E-state index in [1.165, 1.54) is 80.4 Å². The maximum Gasteiger partial charge on any atom is 0.472 e. The first-order chi connectivity index (χ1) is 30.6. The number of furan rings is 1. The molecule has 1 unspecified atom stereocenters. The van der Waals surface area contributed by atoms with Crippen LogP contribution in [0.1, 0.15) is 184 Å². The van der Waals surface area contributed by atoms with Gasteiger partial charge in [-0.25, -0.2) is 4.57 Å². The van der Waals surface area contributed by atoms with E-state index in [9.17, 15) is 24.2 Å². The maximum absolute atomic E-state index is 12.7. The number of aryl methyl sites for hydroxylation is 2. The van der Waals surface area contributed by atoms with E-state index in [0.717, 1.165) is 70.6 Å². The Morgan fingerprint density at radius 2 is 1.14 bits per heavy atom. The van der Waals surface area contributed by atoms with Gasteiger partial charge in [0.15, 0.2) is 6.10 Å². The third-order valence-corrected chi connectivity index (χ3v) is 12.1. The molecule has 1 heterocycles. The van der Waals surface area contributed by atoms with Crippen molar-refractivity contribution >= 4 is 19.8 Å². The molecule has 368 valence electrons. The largest absolute Gasteiger partial charge is 0.472 e. The van der Waals surface area contributed by atoms with Crippen molar-refractivity contribution in [2.75, 3.05) is 47.5 Å². The van der Waals surface area contributed by atoms with Crippen molar-refractivity contribution in [3.63, 3.8) is 0 Å². The molecule has 0 aliphatic carbocycles. The van der Waals surface area contributed by atoms with Crippen LogP contribution in [0.2, 0.25) is 0 Å². The van der Waals surface area contributed by atoms with Gasteiger partial charge in [-0.15, -0.1) is 0 Å². The molecule has 1 aromatic rings. The highest BCUT2D eigenvalue weighted by atomic mass is 31.2. The van der Waals surface area contributed by atoms with Gasteiger partial charge in [0.2, 0.25) is 0 Å². The van der Waals surface area contributed by atoms with E-state index in [1.54, 1.807) is 0 Å².